The van der Waals surface area contributed by atoms with Crippen molar-refractivity contribution in [2.75, 3.05) is 13.2 Å². The molecular weight excluding hydrogens is 330 g/mol. The van der Waals surface area contributed by atoms with E-state index < -0.39 is 35.3 Å². The smallest absolute Gasteiger partial charge is 0.330 e. The molecule has 2 saturated heterocycles. The molecule has 0 spiro atoms. The predicted molar refractivity (Wildman–Crippen MR) is 85.8 cm³/mol. The Balaban J connectivity index is 1.91. The first-order valence-corrected chi connectivity index (χ1v) is 7.94. The molecule has 2 bridgehead atoms. The summed E-state index contributed by atoms with van der Waals surface area (Å²) in [6, 6.07) is 0. The highest BCUT2D eigenvalue weighted by Gasteiger charge is 2.60. The summed E-state index contributed by atoms with van der Waals surface area (Å²) < 4.78 is 12.6. The van der Waals surface area contributed by atoms with Gasteiger partial charge in [0, 0.05) is 13.1 Å². The molecule has 9 nitrogen and oxygen atoms in total. The number of H-pyrrole nitrogens is 1. The molecule has 3 heterocycles. The molecule has 2 aliphatic rings. The van der Waals surface area contributed by atoms with Gasteiger partial charge in [-0.15, -0.1) is 0 Å². The Morgan fingerprint density at radius 1 is 1.56 bits per heavy atom. The maximum atomic E-state index is 12.2. The van der Waals surface area contributed by atoms with Crippen molar-refractivity contribution in [3.63, 3.8) is 0 Å². The number of carbonyl (C=O) groups excluding carboxylic acids is 1. The minimum atomic E-state index is -0.851. The van der Waals surface area contributed by atoms with Crippen molar-refractivity contribution in [2.45, 2.75) is 44.3 Å². The molecule has 0 aliphatic carbocycles. The second-order valence-electron chi connectivity index (χ2n) is 6.07. The molecule has 134 valence electrons. The lowest BCUT2D eigenvalue weighted by Gasteiger charge is -2.30. The van der Waals surface area contributed by atoms with E-state index in [2.05, 4.69) is 22.1 Å². The lowest BCUT2D eigenvalue weighted by molar-refractivity contribution is -0.175. The van der Waals surface area contributed by atoms with Crippen LogP contribution in [-0.2, 0) is 14.3 Å². The van der Waals surface area contributed by atoms with Crippen LogP contribution in [0.25, 0.3) is 0 Å². The molecule has 1 aromatic rings. The number of fused-ring (bicyclic) bond motifs is 2. The van der Waals surface area contributed by atoms with Gasteiger partial charge in [-0.2, -0.15) is 0 Å². The number of nitrogens with zero attached hydrogens (tertiary/aromatic N) is 1. The van der Waals surface area contributed by atoms with Crippen LogP contribution >= 0.6 is 0 Å². The van der Waals surface area contributed by atoms with Crippen molar-refractivity contribution in [3.8, 4) is 11.8 Å². The van der Waals surface area contributed by atoms with E-state index in [1.54, 1.807) is 0 Å². The van der Waals surface area contributed by atoms with Crippen molar-refractivity contribution >= 4 is 5.91 Å². The van der Waals surface area contributed by atoms with Gasteiger partial charge < -0.3 is 19.9 Å². The van der Waals surface area contributed by atoms with Crippen LogP contribution in [0.2, 0.25) is 0 Å². The SMILES string of the molecule is CC[C@@]12CO[C@H](C1O)[C@H](n1cc(C#CCNC(C)=O)c(=O)[nH]c1=O)O2. The van der Waals surface area contributed by atoms with Crippen LogP contribution in [-0.4, -0.2) is 51.5 Å². The zero-order chi connectivity index (χ0) is 18.2. The first-order chi connectivity index (χ1) is 11.9. The summed E-state index contributed by atoms with van der Waals surface area (Å²) in [5, 5.41) is 12.8. The molecule has 1 aromatic heterocycles. The highest BCUT2D eigenvalue weighted by atomic mass is 16.6. The number of ether oxygens (including phenoxy) is 2. The normalized spacial score (nSPS) is 30.0. The zero-order valence-corrected chi connectivity index (χ0v) is 13.9. The van der Waals surface area contributed by atoms with Gasteiger partial charge in [0.1, 0.15) is 23.4 Å². The first kappa shape index (κ1) is 17.4. The molecule has 25 heavy (non-hydrogen) atoms. The highest BCUT2D eigenvalue weighted by molar-refractivity contribution is 5.73. The lowest BCUT2D eigenvalue weighted by atomic mass is 9.96. The van der Waals surface area contributed by atoms with Gasteiger partial charge in [0.15, 0.2) is 6.23 Å². The van der Waals surface area contributed by atoms with Crippen molar-refractivity contribution in [3.05, 3.63) is 32.6 Å². The molecule has 1 amide bonds. The Bertz CT molecular complexity index is 863. The van der Waals surface area contributed by atoms with Crippen molar-refractivity contribution < 1.29 is 19.4 Å². The maximum absolute atomic E-state index is 12.2. The fraction of sp³-hybridized carbons (Fsp3) is 0.562. The largest absolute Gasteiger partial charge is 0.387 e. The van der Waals surface area contributed by atoms with E-state index in [1.165, 1.54) is 17.7 Å². The Kier molecular flexibility index (Phi) is 4.51. The molecule has 0 radical (unpaired) electrons. The van der Waals surface area contributed by atoms with Crippen LogP contribution in [0.3, 0.4) is 0 Å². The number of hydrogen-bond donors (Lipinski definition) is 3. The van der Waals surface area contributed by atoms with E-state index in [1.807, 2.05) is 6.92 Å². The average molecular weight is 349 g/mol. The van der Waals surface area contributed by atoms with E-state index in [0.29, 0.717) is 6.42 Å². The third-order valence-corrected chi connectivity index (χ3v) is 4.50. The monoisotopic (exact) mass is 349 g/mol. The fourth-order valence-electron chi connectivity index (χ4n) is 3.04. The number of aliphatic hydroxyl groups is 1. The van der Waals surface area contributed by atoms with Gasteiger partial charge in [0.2, 0.25) is 5.91 Å². The van der Waals surface area contributed by atoms with E-state index in [9.17, 15) is 19.5 Å². The molecule has 0 saturated carbocycles. The molecule has 3 N–H and O–H groups in total. The Morgan fingerprint density at radius 3 is 2.96 bits per heavy atom. The van der Waals surface area contributed by atoms with Gasteiger partial charge in [-0.3, -0.25) is 19.1 Å². The number of hydrogen-bond acceptors (Lipinski definition) is 6. The summed E-state index contributed by atoms with van der Waals surface area (Å²) in [5.74, 6) is 5.01. The van der Waals surface area contributed by atoms with Crippen LogP contribution in [0.5, 0.6) is 0 Å². The number of nitrogens with one attached hydrogen (secondary N) is 2. The number of amides is 1. The summed E-state index contributed by atoms with van der Waals surface area (Å²) >= 11 is 0. The maximum Gasteiger partial charge on any atom is 0.330 e. The minimum Gasteiger partial charge on any atom is -0.387 e. The van der Waals surface area contributed by atoms with E-state index >= 15 is 0 Å². The van der Waals surface area contributed by atoms with Gasteiger partial charge in [-0.25, -0.2) is 4.79 Å². The minimum absolute atomic E-state index is 0.0522. The first-order valence-electron chi connectivity index (χ1n) is 7.94. The third kappa shape index (κ3) is 3.00. The van der Waals surface area contributed by atoms with Gasteiger partial charge in [0.25, 0.3) is 5.56 Å². The number of aromatic amines is 1. The Labute approximate surface area is 143 Å². The second-order valence-corrected chi connectivity index (χ2v) is 6.07. The van der Waals surface area contributed by atoms with Crippen LogP contribution in [0, 0.1) is 11.8 Å². The van der Waals surface area contributed by atoms with E-state index in [0.717, 1.165) is 0 Å². The number of aromatic nitrogens is 2. The average Bonchev–Trinajstić information content (AvgIpc) is 3.03. The van der Waals surface area contributed by atoms with Gasteiger partial charge in [-0.05, 0) is 6.42 Å². The number of carbonyl (C=O) groups is 1. The molecule has 2 aliphatic heterocycles. The van der Waals surface area contributed by atoms with Crippen LogP contribution in [0.1, 0.15) is 32.1 Å². The summed E-state index contributed by atoms with van der Waals surface area (Å²) in [5.41, 5.74) is -2.10. The van der Waals surface area contributed by atoms with Crippen molar-refractivity contribution in [1.82, 2.24) is 14.9 Å². The quantitative estimate of drug-likeness (QED) is 0.569. The van der Waals surface area contributed by atoms with Crippen molar-refractivity contribution in [1.29, 1.82) is 0 Å². The Hall–Kier alpha value is -2.41. The van der Waals surface area contributed by atoms with Gasteiger partial charge in [0.05, 0.1) is 13.2 Å². The fourth-order valence-corrected chi connectivity index (χ4v) is 3.04. The summed E-state index contributed by atoms with van der Waals surface area (Å²) in [6.45, 7) is 3.56. The van der Waals surface area contributed by atoms with Crippen molar-refractivity contribution in [2.24, 2.45) is 0 Å². The second kappa shape index (κ2) is 6.48. The molecule has 1 unspecified atom stereocenters. The van der Waals surface area contributed by atoms with E-state index in [4.69, 9.17) is 9.47 Å². The van der Waals surface area contributed by atoms with Gasteiger partial charge >= 0.3 is 5.69 Å². The summed E-state index contributed by atoms with van der Waals surface area (Å²) in [4.78, 5) is 37.1. The summed E-state index contributed by atoms with van der Waals surface area (Å²) in [7, 11) is 0. The van der Waals surface area contributed by atoms with Crippen LogP contribution < -0.4 is 16.6 Å². The molecule has 0 aromatic carbocycles. The highest BCUT2D eigenvalue weighted by Crippen LogP contribution is 2.46. The Morgan fingerprint density at radius 2 is 2.32 bits per heavy atom. The topological polar surface area (TPSA) is 123 Å². The summed E-state index contributed by atoms with van der Waals surface area (Å²) in [6.07, 6.45) is -0.571. The molecule has 4 atom stereocenters. The van der Waals surface area contributed by atoms with E-state index in [-0.39, 0.29) is 24.6 Å². The molecule has 2 fully saturated rings. The standard InChI is InChI=1S/C16H19N3O6/c1-3-16-8-24-11(12(16)21)14(25-16)19-7-10(13(22)18-15(19)23)5-4-6-17-9(2)20/h7,11-12,14,21H,3,6,8H2,1-2H3,(H,17,20)(H,18,22,23)/t11-,12?,14-,16-/m1/s1. The molecule has 9 heteroatoms. The van der Waals surface area contributed by atoms with Gasteiger partial charge in [-0.1, -0.05) is 18.8 Å². The zero-order valence-electron chi connectivity index (χ0n) is 13.9. The lowest BCUT2D eigenvalue weighted by Crippen LogP contribution is -2.41. The van der Waals surface area contributed by atoms with Crippen LogP contribution in [0.15, 0.2) is 15.8 Å². The number of rotatable bonds is 3. The van der Waals surface area contributed by atoms with Crippen LogP contribution in [0.4, 0.5) is 0 Å². The molecular formula is C16H19N3O6. The number of aliphatic hydroxyl groups excluding tert-OH is 1. The molecule has 3 rings (SSSR count). The third-order valence-electron chi connectivity index (χ3n) is 4.50. The predicted octanol–water partition coefficient (Wildman–Crippen LogP) is -1.54.